The van der Waals surface area contributed by atoms with Crippen molar-refractivity contribution in [1.82, 2.24) is 15.3 Å². The standard InChI is InChI=1S/C15H17BrN4O2S/c1-10-6-14(20-2-4-22-5-3-20)19-13(18-10)8-17-15(21)12-7-11(16)9-23-12/h6-7,9H,2-5,8H2,1H3,(H,17,21). The molecule has 1 aliphatic heterocycles. The molecule has 2 aromatic heterocycles. The summed E-state index contributed by atoms with van der Waals surface area (Å²) in [7, 11) is 0. The van der Waals surface area contributed by atoms with E-state index in [1.807, 2.05) is 18.4 Å². The average molecular weight is 397 g/mol. The highest BCUT2D eigenvalue weighted by Gasteiger charge is 2.15. The predicted molar refractivity (Wildman–Crippen MR) is 93.0 cm³/mol. The molecule has 0 aromatic carbocycles. The van der Waals surface area contributed by atoms with E-state index >= 15 is 0 Å². The Morgan fingerprint density at radius 3 is 2.87 bits per heavy atom. The number of aromatic nitrogens is 2. The normalized spacial score (nSPS) is 14.8. The highest BCUT2D eigenvalue weighted by molar-refractivity contribution is 9.10. The van der Waals surface area contributed by atoms with E-state index in [0.29, 0.717) is 30.5 Å². The molecule has 0 radical (unpaired) electrons. The Morgan fingerprint density at radius 1 is 1.39 bits per heavy atom. The van der Waals surface area contributed by atoms with Crippen molar-refractivity contribution >= 4 is 39.0 Å². The number of morpholine rings is 1. The number of amides is 1. The van der Waals surface area contributed by atoms with Crippen LogP contribution in [0.5, 0.6) is 0 Å². The summed E-state index contributed by atoms with van der Waals surface area (Å²) in [5, 5.41) is 4.75. The molecule has 6 nitrogen and oxygen atoms in total. The molecule has 1 saturated heterocycles. The number of nitrogens with one attached hydrogen (secondary N) is 1. The molecule has 1 aliphatic rings. The molecular weight excluding hydrogens is 380 g/mol. The molecule has 0 atom stereocenters. The number of ether oxygens (including phenoxy) is 1. The average Bonchev–Trinajstić information content (AvgIpc) is 2.99. The largest absolute Gasteiger partial charge is 0.378 e. The van der Waals surface area contributed by atoms with Gasteiger partial charge in [-0.15, -0.1) is 11.3 Å². The number of halogens is 1. The van der Waals surface area contributed by atoms with Gasteiger partial charge in [-0.1, -0.05) is 0 Å². The number of rotatable bonds is 4. The third kappa shape index (κ3) is 4.27. The Kier molecular flexibility index (Phi) is 5.24. The summed E-state index contributed by atoms with van der Waals surface area (Å²) in [4.78, 5) is 23.9. The lowest BCUT2D eigenvalue weighted by molar-refractivity contribution is 0.0954. The van der Waals surface area contributed by atoms with Gasteiger partial charge < -0.3 is 15.0 Å². The summed E-state index contributed by atoms with van der Waals surface area (Å²) < 4.78 is 6.28. The van der Waals surface area contributed by atoms with Crippen LogP contribution in [-0.4, -0.2) is 42.2 Å². The molecule has 23 heavy (non-hydrogen) atoms. The molecule has 0 unspecified atom stereocenters. The Morgan fingerprint density at radius 2 is 2.17 bits per heavy atom. The summed E-state index contributed by atoms with van der Waals surface area (Å²) >= 11 is 4.75. The van der Waals surface area contributed by atoms with Crippen molar-refractivity contribution in [2.24, 2.45) is 0 Å². The quantitative estimate of drug-likeness (QED) is 0.858. The minimum Gasteiger partial charge on any atom is -0.378 e. The fourth-order valence-corrected chi connectivity index (χ4v) is 3.67. The molecule has 0 saturated carbocycles. The van der Waals surface area contributed by atoms with Crippen LogP contribution in [0.3, 0.4) is 0 Å². The molecule has 0 bridgehead atoms. The second kappa shape index (κ2) is 7.37. The van der Waals surface area contributed by atoms with E-state index in [9.17, 15) is 4.79 Å². The van der Waals surface area contributed by atoms with Gasteiger partial charge in [0.25, 0.3) is 5.91 Å². The first kappa shape index (κ1) is 16.4. The molecule has 1 fully saturated rings. The molecule has 122 valence electrons. The third-order valence-electron chi connectivity index (χ3n) is 3.42. The van der Waals surface area contributed by atoms with Gasteiger partial charge >= 0.3 is 0 Å². The fraction of sp³-hybridized carbons (Fsp3) is 0.400. The number of thiophene rings is 1. The lowest BCUT2D eigenvalue weighted by Crippen LogP contribution is -2.37. The van der Waals surface area contributed by atoms with Gasteiger partial charge in [-0.3, -0.25) is 4.79 Å². The first-order valence-electron chi connectivity index (χ1n) is 7.31. The van der Waals surface area contributed by atoms with E-state index < -0.39 is 0 Å². The third-order valence-corrected chi connectivity index (χ3v) is 5.11. The fourth-order valence-electron chi connectivity index (χ4n) is 2.32. The van der Waals surface area contributed by atoms with E-state index in [1.165, 1.54) is 11.3 Å². The molecule has 2 aromatic rings. The van der Waals surface area contributed by atoms with Crippen LogP contribution >= 0.6 is 27.3 Å². The maximum atomic E-state index is 12.1. The van der Waals surface area contributed by atoms with Gasteiger partial charge in [0.05, 0.1) is 24.6 Å². The Labute approximate surface area is 147 Å². The molecule has 8 heteroatoms. The molecule has 1 amide bonds. The molecule has 0 spiro atoms. The summed E-state index contributed by atoms with van der Waals surface area (Å²) in [6.45, 7) is 5.32. The number of anilines is 1. The van der Waals surface area contributed by atoms with Crippen molar-refractivity contribution in [3.05, 3.63) is 38.4 Å². The number of aryl methyl sites for hydroxylation is 1. The first-order valence-corrected chi connectivity index (χ1v) is 8.98. The van der Waals surface area contributed by atoms with Crippen LogP contribution in [0.4, 0.5) is 5.82 Å². The molecule has 1 N–H and O–H groups in total. The molecule has 3 rings (SSSR count). The zero-order valence-corrected chi connectivity index (χ0v) is 15.1. The smallest absolute Gasteiger partial charge is 0.261 e. The van der Waals surface area contributed by atoms with Gasteiger partial charge in [-0.05, 0) is 28.9 Å². The first-order chi connectivity index (χ1) is 11.1. The van der Waals surface area contributed by atoms with Crippen LogP contribution in [0.25, 0.3) is 0 Å². The van der Waals surface area contributed by atoms with Gasteiger partial charge in [0.1, 0.15) is 11.6 Å². The number of hydrogen-bond acceptors (Lipinski definition) is 6. The Hall–Kier alpha value is -1.51. The maximum Gasteiger partial charge on any atom is 0.261 e. The second-order valence-corrected chi connectivity index (χ2v) is 7.02. The number of carbonyl (C=O) groups is 1. The molecule has 0 aliphatic carbocycles. The lowest BCUT2D eigenvalue weighted by Gasteiger charge is -2.28. The number of hydrogen-bond donors (Lipinski definition) is 1. The summed E-state index contributed by atoms with van der Waals surface area (Å²) in [6, 6.07) is 3.77. The highest BCUT2D eigenvalue weighted by atomic mass is 79.9. The Bertz CT molecular complexity index is 701. The monoisotopic (exact) mass is 396 g/mol. The second-order valence-electron chi connectivity index (χ2n) is 5.20. The van der Waals surface area contributed by atoms with E-state index in [4.69, 9.17) is 4.74 Å². The SMILES string of the molecule is Cc1cc(N2CCOCC2)nc(CNC(=O)c2cc(Br)cs2)n1. The van der Waals surface area contributed by atoms with Crippen molar-refractivity contribution in [3.63, 3.8) is 0 Å². The molecule has 3 heterocycles. The predicted octanol–water partition coefficient (Wildman–Crippen LogP) is 2.38. The van der Waals surface area contributed by atoms with Gasteiger partial charge in [0.2, 0.25) is 0 Å². The van der Waals surface area contributed by atoms with E-state index in [1.54, 1.807) is 6.07 Å². The summed E-state index contributed by atoms with van der Waals surface area (Å²) in [6.07, 6.45) is 0. The van der Waals surface area contributed by atoms with E-state index in [-0.39, 0.29) is 5.91 Å². The topological polar surface area (TPSA) is 67.3 Å². The van der Waals surface area contributed by atoms with Crippen LogP contribution in [0.1, 0.15) is 21.2 Å². The van der Waals surface area contributed by atoms with Gasteiger partial charge in [0, 0.05) is 34.7 Å². The highest BCUT2D eigenvalue weighted by Crippen LogP contribution is 2.19. The van der Waals surface area contributed by atoms with Crippen LogP contribution in [0.2, 0.25) is 0 Å². The number of nitrogens with zero attached hydrogens (tertiary/aromatic N) is 3. The minimum atomic E-state index is -0.112. The zero-order valence-electron chi connectivity index (χ0n) is 12.7. The van der Waals surface area contributed by atoms with Crippen molar-refractivity contribution in [1.29, 1.82) is 0 Å². The Balaban J connectivity index is 1.67. The number of carbonyl (C=O) groups excluding carboxylic acids is 1. The summed E-state index contributed by atoms with van der Waals surface area (Å²) in [5.41, 5.74) is 0.893. The van der Waals surface area contributed by atoms with E-state index in [0.717, 1.165) is 29.1 Å². The van der Waals surface area contributed by atoms with Gasteiger partial charge in [-0.25, -0.2) is 9.97 Å². The zero-order chi connectivity index (χ0) is 16.2. The van der Waals surface area contributed by atoms with Crippen LogP contribution < -0.4 is 10.2 Å². The van der Waals surface area contributed by atoms with Crippen molar-refractivity contribution in [3.8, 4) is 0 Å². The van der Waals surface area contributed by atoms with E-state index in [2.05, 4.69) is 36.1 Å². The minimum absolute atomic E-state index is 0.112. The van der Waals surface area contributed by atoms with Gasteiger partial charge in [-0.2, -0.15) is 0 Å². The van der Waals surface area contributed by atoms with Crippen LogP contribution in [0.15, 0.2) is 22.0 Å². The lowest BCUT2D eigenvalue weighted by atomic mass is 10.3. The summed E-state index contributed by atoms with van der Waals surface area (Å²) in [5.74, 6) is 1.40. The maximum absolute atomic E-state index is 12.1. The van der Waals surface area contributed by atoms with Crippen molar-refractivity contribution < 1.29 is 9.53 Å². The van der Waals surface area contributed by atoms with Crippen LogP contribution in [-0.2, 0) is 11.3 Å². The van der Waals surface area contributed by atoms with Crippen molar-refractivity contribution in [2.45, 2.75) is 13.5 Å². The van der Waals surface area contributed by atoms with Gasteiger partial charge in [0.15, 0.2) is 0 Å². The van der Waals surface area contributed by atoms with Crippen LogP contribution in [0, 0.1) is 6.92 Å². The molecular formula is C15H17BrN4O2S. The van der Waals surface area contributed by atoms with Crippen molar-refractivity contribution in [2.75, 3.05) is 31.2 Å².